The second-order valence-corrected chi connectivity index (χ2v) is 4.59. The number of hydrazone groups is 1. The molecule has 1 aromatic heterocycles. The fourth-order valence-corrected chi connectivity index (χ4v) is 1.78. The lowest BCUT2D eigenvalue weighted by molar-refractivity contribution is 1.13. The summed E-state index contributed by atoms with van der Waals surface area (Å²) < 4.78 is 0. The van der Waals surface area contributed by atoms with E-state index in [0.717, 1.165) is 10.7 Å². The van der Waals surface area contributed by atoms with Crippen LogP contribution in [-0.2, 0) is 0 Å². The molecule has 17 heavy (non-hydrogen) atoms. The number of aromatic nitrogens is 1. The zero-order valence-electron chi connectivity index (χ0n) is 9.79. The van der Waals surface area contributed by atoms with E-state index in [1.165, 1.54) is 17.0 Å². The minimum atomic E-state index is 0.797. The lowest BCUT2D eigenvalue weighted by atomic mass is 10.2. The Morgan fingerprint density at radius 3 is 2.65 bits per heavy atom. The molecule has 0 radical (unpaired) electrons. The fourth-order valence-electron chi connectivity index (χ4n) is 1.30. The molecule has 4 nitrogen and oxygen atoms in total. The van der Waals surface area contributed by atoms with Gasteiger partial charge in [0.2, 0.25) is 5.13 Å². The quantitative estimate of drug-likeness (QED) is 0.666. The van der Waals surface area contributed by atoms with Crippen molar-refractivity contribution in [3.05, 3.63) is 41.4 Å². The van der Waals surface area contributed by atoms with Crippen LogP contribution < -0.4 is 10.3 Å². The first-order valence-electron chi connectivity index (χ1n) is 5.21. The zero-order valence-corrected chi connectivity index (χ0v) is 10.6. The van der Waals surface area contributed by atoms with Gasteiger partial charge in [-0.2, -0.15) is 5.10 Å². The Kier molecular flexibility index (Phi) is 3.72. The molecule has 0 fully saturated rings. The second-order valence-electron chi connectivity index (χ2n) is 3.69. The molecule has 88 valence electrons. The van der Waals surface area contributed by atoms with Crippen LogP contribution >= 0.6 is 11.3 Å². The van der Waals surface area contributed by atoms with Gasteiger partial charge in [-0.3, -0.25) is 5.43 Å². The van der Waals surface area contributed by atoms with E-state index >= 15 is 0 Å². The minimum absolute atomic E-state index is 0.797. The monoisotopic (exact) mass is 246 g/mol. The van der Waals surface area contributed by atoms with E-state index in [-0.39, 0.29) is 0 Å². The Labute approximate surface area is 105 Å². The van der Waals surface area contributed by atoms with Crippen LogP contribution in [0.1, 0.15) is 5.56 Å². The maximum absolute atomic E-state index is 4.12. The molecule has 0 saturated heterocycles. The predicted molar refractivity (Wildman–Crippen MR) is 74.1 cm³/mol. The first-order chi connectivity index (χ1) is 8.25. The Hall–Kier alpha value is -1.88. The maximum Gasteiger partial charge on any atom is 0.203 e. The van der Waals surface area contributed by atoms with Crippen molar-refractivity contribution in [1.82, 2.24) is 4.98 Å². The fraction of sp³-hybridized carbons (Fsp3) is 0.167. The highest BCUT2D eigenvalue weighted by molar-refractivity contribution is 7.13. The molecule has 1 heterocycles. The zero-order chi connectivity index (χ0) is 12.1. The molecule has 0 aliphatic carbocycles. The SMILES string of the molecule is CN(C)c1ccc(/C=N/Nc2nccs2)cc1. The van der Waals surface area contributed by atoms with E-state index in [0.29, 0.717) is 0 Å². The van der Waals surface area contributed by atoms with E-state index in [4.69, 9.17) is 0 Å². The Balaban J connectivity index is 1.96. The summed E-state index contributed by atoms with van der Waals surface area (Å²) in [6.45, 7) is 0. The van der Waals surface area contributed by atoms with Crippen LogP contribution in [0.15, 0.2) is 40.9 Å². The third kappa shape index (κ3) is 3.29. The lowest BCUT2D eigenvalue weighted by Gasteiger charge is -2.11. The molecule has 0 bridgehead atoms. The van der Waals surface area contributed by atoms with Crippen molar-refractivity contribution >= 4 is 28.4 Å². The number of anilines is 2. The third-order valence-electron chi connectivity index (χ3n) is 2.22. The summed E-state index contributed by atoms with van der Waals surface area (Å²) in [5.41, 5.74) is 5.11. The van der Waals surface area contributed by atoms with Gasteiger partial charge in [0.05, 0.1) is 6.21 Å². The summed E-state index contributed by atoms with van der Waals surface area (Å²) in [4.78, 5) is 6.14. The summed E-state index contributed by atoms with van der Waals surface area (Å²) in [5, 5.41) is 6.82. The van der Waals surface area contributed by atoms with Gasteiger partial charge >= 0.3 is 0 Å². The molecule has 1 aromatic carbocycles. The second kappa shape index (κ2) is 5.45. The third-order valence-corrected chi connectivity index (χ3v) is 2.89. The molecule has 0 unspecified atom stereocenters. The molecule has 2 rings (SSSR count). The molecule has 0 aliphatic heterocycles. The molecule has 0 spiro atoms. The van der Waals surface area contributed by atoms with Gasteiger partial charge in [-0.25, -0.2) is 4.98 Å². The topological polar surface area (TPSA) is 40.5 Å². The molecule has 0 saturated carbocycles. The standard InChI is InChI=1S/C12H14N4S/c1-16(2)11-5-3-10(4-6-11)9-14-15-12-13-7-8-17-12/h3-9H,1-2H3,(H,13,15)/b14-9+. The summed E-state index contributed by atoms with van der Waals surface area (Å²) in [7, 11) is 4.04. The highest BCUT2D eigenvalue weighted by Gasteiger charge is 1.94. The normalized spacial score (nSPS) is 10.7. The van der Waals surface area contributed by atoms with Gasteiger partial charge in [-0.15, -0.1) is 11.3 Å². The Bertz CT molecular complexity index is 474. The van der Waals surface area contributed by atoms with Crippen LogP contribution in [0.5, 0.6) is 0 Å². The Morgan fingerprint density at radius 1 is 1.29 bits per heavy atom. The summed E-state index contributed by atoms with van der Waals surface area (Å²) in [6.07, 6.45) is 3.52. The summed E-state index contributed by atoms with van der Waals surface area (Å²) in [5.74, 6) is 0. The van der Waals surface area contributed by atoms with Crippen LogP contribution in [-0.4, -0.2) is 25.3 Å². The highest BCUT2D eigenvalue weighted by atomic mass is 32.1. The van der Waals surface area contributed by atoms with Crippen LogP contribution in [0.25, 0.3) is 0 Å². The molecular formula is C12H14N4S. The van der Waals surface area contributed by atoms with Gasteiger partial charge in [-0.1, -0.05) is 12.1 Å². The van der Waals surface area contributed by atoms with Crippen LogP contribution in [0.2, 0.25) is 0 Å². The van der Waals surface area contributed by atoms with Gasteiger partial charge in [0.15, 0.2) is 0 Å². The predicted octanol–water partition coefficient (Wildman–Crippen LogP) is 2.66. The van der Waals surface area contributed by atoms with Crippen LogP contribution in [0.3, 0.4) is 0 Å². The number of nitrogens with one attached hydrogen (secondary N) is 1. The van der Waals surface area contributed by atoms with Gasteiger partial charge in [0.1, 0.15) is 0 Å². The van der Waals surface area contributed by atoms with Gasteiger partial charge < -0.3 is 4.90 Å². The van der Waals surface area contributed by atoms with Crippen molar-refractivity contribution in [2.75, 3.05) is 24.4 Å². The van der Waals surface area contributed by atoms with Crippen molar-refractivity contribution in [3.63, 3.8) is 0 Å². The molecule has 1 N–H and O–H groups in total. The summed E-state index contributed by atoms with van der Waals surface area (Å²) >= 11 is 1.52. The Morgan fingerprint density at radius 2 is 2.06 bits per heavy atom. The summed E-state index contributed by atoms with van der Waals surface area (Å²) in [6, 6.07) is 8.18. The molecule has 2 aromatic rings. The minimum Gasteiger partial charge on any atom is -0.378 e. The average molecular weight is 246 g/mol. The first-order valence-corrected chi connectivity index (χ1v) is 6.09. The molecule has 5 heteroatoms. The smallest absolute Gasteiger partial charge is 0.203 e. The van der Waals surface area contributed by atoms with E-state index in [2.05, 4.69) is 32.5 Å². The number of thiazole rings is 1. The van der Waals surface area contributed by atoms with Crippen molar-refractivity contribution < 1.29 is 0 Å². The van der Waals surface area contributed by atoms with Gasteiger partial charge in [-0.05, 0) is 17.7 Å². The number of rotatable bonds is 4. The van der Waals surface area contributed by atoms with E-state index < -0.39 is 0 Å². The van der Waals surface area contributed by atoms with Crippen molar-refractivity contribution in [3.8, 4) is 0 Å². The first kappa shape index (κ1) is 11.6. The van der Waals surface area contributed by atoms with Gasteiger partial charge in [0.25, 0.3) is 0 Å². The van der Waals surface area contributed by atoms with Crippen molar-refractivity contribution in [1.29, 1.82) is 0 Å². The highest BCUT2D eigenvalue weighted by Crippen LogP contribution is 2.12. The lowest BCUT2D eigenvalue weighted by Crippen LogP contribution is -2.08. The van der Waals surface area contributed by atoms with E-state index in [1.54, 1.807) is 12.4 Å². The number of benzene rings is 1. The maximum atomic E-state index is 4.12. The molecular weight excluding hydrogens is 232 g/mol. The van der Waals surface area contributed by atoms with Crippen LogP contribution in [0, 0.1) is 0 Å². The molecule has 0 amide bonds. The number of hydrogen-bond donors (Lipinski definition) is 1. The van der Waals surface area contributed by atoms with Gasteiger partial charge in [0, 0.05) is 31.4 Å². The number of hydrogen-bond acceptors (Lipinski definition) is 5. The van der Waals surface area contributed by atoms with Crippen LogP contribution in [0.4, 0.5) is 10.8 Å². The van der Waals surface area contributed by atoms with Crippen molar-refractivity contribution in [2.24, 2.45) is 5.10 Å². The van der Waals surface area contributed by atoms with E-state index in [1.807, 2.05) is 31.6 Å². The van der Waals surface area contributed by atoms with Crippen molar-refractivity contribution in [2.45, 2.75) is 0 Å². The van der Waals surface area contributed by atoms with E-state index in [9.17, 15) is 0 Å². The molecule has 0 aliphatic rings. The average Bonchev–Trinajstić information content (AvgIpc) is 2.83. The molecule has 0 atom stereocenters. The largest absolute Gasteiger partial charge is 0.378 e. The number of nitrogens with zero attached hydrogens (tertiary/aromatic N) is 3.